The van der Waals surface area contributed by atoms with Crippen LogP contribution in [-0.2, 0) is 4.79 Å². The summed E-state index contributed by atoms with van der Waals surface area (Å²) in [6, 6.07) is 0.334. The highest BCUT2D eigenvalue weighted by molar-refractivity contribution is 5.73. The first kappa shape index (κ1) is 8.53. The highest BCUT2D eigenvalue weighted by Crippen LogP contribution is 2.10. The molecule has 0 bridgehead atoms. The molecule has 0 aromatic heterocycles. The number of hydrogen-bond donors (Lipinski definition) is 2. The molecule has 1 aliphatic heterocycles. The number of amides is 1. The normalized spacial score (nSPS) is 31.5. The van der Waals surface area contributed by atoms with Gasteiger partial charge in [-0.15, -0.1) is 0 Å². The molecule has 11 heavy (non-hydrogen) atoms. The Morgan fingerprint density at radius 2 is 2.36 bits per heavy atom. The Kier molecular flexibility index (Phi) is 2.88. The van der Waals surface area contributed by atoms with Gasteiger partial charge < -0.3 is 10.6 Å². The third-order valence-electron chi connectivity index (χ3n) is 2.22. The topological polar surface area (TPSA) is 41.1 Å². The molecule has 1 heterocycles. The minimum atomic E-state index is 0.0746. The summed E-state index contributed by atoms with van der Waals surface area (Å²) in [6.07, 6.45) is 1.16. The predicted octanol–water partition coefficient (Wildman–Crippen LogP) is 0.120. The van der Waals surface area contributed by atoms with E-state index in [2.05, 4.69) is 17.6 Å². The zero-order valence-electron chi connectivity index (χ0n) is 7.18. The van der Waals surface area contributed by atoms with Gasteiger partial charge in [0.1, 0.15) is 0 Å². The Morgan fingerprint density at radius 1 is 1.64 bits per heavy atom. The van der Waals surface area contributed by atoms with Crippen LogP contribution >= 0.6 is 0 Å². The van der Waals surface area contributed by atoms with Crippen molar-refractivity contribution in [3.05, 3.63) is 0 Å². The van der Waals surface area contributed by atoms with Gasteiger partial charge in [-0.1, -0.05) is 6.92 Å². The fraction of sp³-hybridized carbons (Fsp3) is 0.875. The van der Waals surface area contributed by atoms with Crippen LogP contribution in [0.4, 0.5) is 0 Å². The Labute approximate surface area is 67.5 Å². The van der Waals surface area contributed by atoms with Crippen molar-refractivity contribution in [2.45, 2.75) is 26.3 Å². The van der Waals surface area contributed by atoms with Crippen LogP contribution in [0.5, 0.6) is 0 Å². The number of hydrogen-bond acceptors (Lipinski definition) is 2. The molecule has 2 N–H and O–H groups in total. The first-order chi connectivity index (χ1) is 5.20. The van der Waals surface area contributed by atoms with E-state index in [0.717, 1.165) is 19.5 Å². The molecule has 1 aliphatic rings. The van der Waals surface area contributed by atoms with Crippen LogP contribution in [0.3, 0.4) is 0 Å². The van der Waals surface area contributed by atoms with E-state index in [1.807, 2.05) is 0 Å². The molecule has 0 spiro atoms. The van der Waals surface area contributed by atoms with Crippen molar-refractivity contribution in [2.24, 2.45) is 5.92 Å². The number of carbonyl (C=O) groups excluding carboxylic acids is 1. The summed E-state index contributed by atoms with van der Waals surface area (Å²) in [5.41, 5.74) is 0. The Hall–Kier alpha value is -0.570. The molecule has 2 atom stereocenters. The van der Waals surface area contributed by atoms with Gasteiger partial charge in [-0.25, -0.2) is 0 Å². The van der Waals surface area contributed by atoms with Gasteiger partial charge in [0.15, 0.2) is 0 Å². The third-order valence-corrected chi connectivity index (χ3v) is 2.22. The maximum Gasteiger partial charge on any atom is 0.217 e. The summed E-state index contributed by atoms with van der Waals surface area (Å²) < 4.78 is 0. The smallest absolute Gasteiger partial charge is 0.217 e. The van der Waals surface area contributed by atoms with Crippen molar-refractivity contribution < 1.29 is 4.79 Å². The monoisotopic (exact) mass is 156 g/mol. The van der Waals surface area contributed by atoms with Gasteiger partial charge >= 0.3 is 0 Å². The van der Waals surface area contributed by atoms with Crippen molar-refractivity contribution in [1.82, 2.24) is 10.6 Å². The Balaban J connectivity index is 2.35. The lowest BCUT2D eigenvalue weighted by atomic mass is 9.95. The second-order valence-corrected chi connectivity index (χ2v) is 3.28. The van der Waals surface area contributed by atoms with Gasteiger partial charge in [0.25, 0.3) is 0 Å². The van der Waals surface area contributed by atoms with Crippen LogP contribution < -0.4 is 10.6 Å². The van der Waals surface area contributed by atoms with Crippen LogP contribution in [0, 0.1) is 5.92 Å². The maximum atomic E-state index is 10.7. The van der Waals surface area contributed by atoms with Crippen molar-refractivity contribution in [2.75, 3.05) is 13.1 Å². The van der Waals surface area contributed by atoms with Crippen LogP contribution in [-0.4, -0.2) is 25.0 Å². The van der Waals surface area contributed by atoms with Gasteiger partial charge in [-0.05, 0) is 18.9 Å². The van der Waals surface area contributed by atoms with Crippen molar-refractivity contribution >= 4 is 5.91 Å². The lowest BCUT2D eigenvalue weighted by molar-refractivity contribution is -0.120. The van der Waals surface area contributed by atoms with Crippen molar-refractivity contribution in [3.8, 4) is 0 Å². The molecule has 0 saturated carbocycles. The van der Waals surface area contributed by atoms with E-state index < -0.39 is 0 Å². The fourth-order valence-corrected chi connectivity index (χ4v) is 1.44. The zero-order valence-corrected chi connectivity index (χ0v) is 7.18. The number of carbonyl (C=O) groups is 1. The predicted molar refractivity (Wildman–Crippen MR) is 44.3 cm³/mol. The van der Waals surface area contributed by atoms with Gasteiger partial charge in [-0.3, -0.25) is 4.79 Å². The lowest BCUT2D eigenvalue weighted by Crippen LogP contribution is -2.49. The number of piperidine rings is 1. The SMILES string of the molecule is CC(=O)NC1CNCCC1C. The summed E-state index contributed by atoms with van der Waals surface area (Å²) >= 11 is 0. The van der Waals surface area contributed by atoms with E-state index >= 15 is 0 Å². The van der Waals surface area contributed by atoms with Crippen molar-refractivity contribution in [3.63, 3.8) is 0 Å². The fourth-order valence-electron chi connectivity index (χ4n) is 1.44. The van der Waals surface area contributed by atoms with E-state index in [1.165, 1.54) is 0 Å². The largest absolute Gasteiger partial charge is 0.352 e. The Bertz CT molecular complexity index is 147. The second kappa shape index (κ2) is 3.72. The van der Waals surface area contributed by atoms with E-state index in [1.54, 1.807) is 6.92 Å². The average molecular weight is 156 g/mol. The summed E-state index contributed by atoms with van der Waals surface area (Å²) in [4.78, 5) is 10.7. The number of nitrogens with one attached hydrogen (secondary N) is 2. The molecule has 1 saturated heterocycles. The van der Waals surface area contributed by atoms with Crippen molar-refractivity contribution in [1.29, 1.82) is 0 Å². The van der Waals surface area contributed by atoms with Crippen LogP contribution in [0.25, 0.3) is 0 Å². The molecular formula is C8H16N2O. The van der Waals surface area contributed by atoms with Crippen LogP contribution in [0.1, 0.15) is 20.3 Å². The molecule has 1 fully saturated rings. The molecule has 3 nitrogen and oxygen atoms in total. The van der Waals surface area contributed by atoms with Crippen LogP contribution in [0.15, 0.2) is 0 Å². The summed E-state index contributed by atoms with van der Waals surface area (Å²) in [6.45, 7) is 5.75. The third kappa shape index (κ3) is 2.50. The Morgan fingerprint density at radius 3 is 2.91 bits per heavy atom. The zero-order chi connectivity index (χ0) is 8.27. The maximum absolute atomic E-state index is 10.7. The first-order valence-electron chi connectivity index (χ1n) is 4.18. The molecule has 0 aromatic rings. The van der Waals surface area contributed by atoms with Gasteiger partial charge in [0.05, 0.1) is 0 Å². The molecule has 1 rings (SSSR count). The van der Waals surface area contributed by atoms with E-state index in [4.69, 9.17) is 0 Å². The molecule has 1 amide bonds. The summed E-state index contributed by atoms with van der Waals surface area (Å²) in [5.74, 6) is 0.686. The molecule has 3 heteroatoms. The molecule has 2 unspecified atom stereocenters. The molecule has 64 valence electrons. The first-order valence-corrected chi connectivity index (χ1v) is 4.18. The second-order valence-electron chi connectivity index (χ2n) is 3.28. The minimum Gasteiger partial charge on any atom is -0.352 e. The highest BCUT2D eigenvalue weighted by Gasteiger charge is 2.20. The summed E-state index contributed by atoms with van der Waals surface area (Å²) in [7, 11) is 0. The standard InChI is InChI=1S/C8H16N2O/c1-6-3-4-9-5-8(6)10-7(2)11/h6,8-9H,3-5H2,1-2H3,(H,10,11). The van der Waals surface area contributed by atoms with Gasteiger partial charge in [0, 0.05) is 19.5 Å². The minimum absolute atomic E-state index is 0.0746. The molecule has 0 aliphatic carbocycles. The quantitative estimate of drug-likeness (QED) is 0.566. The molecule has 0 aromatic carbocycles. The van der Waals surface area contributed by atoms with E-state index in [0.29, 0.717) is 12.0 Å². The van der Waals surface area contributed by atoms with E-state index in [-0.39, 0.29) is 5.91 Å². The van der Waals surface area contributed by atoms with Gasteiger partial charge in [0.2, 0.25) is 5.91 Å². The molecule has 0 radical (unpaired) electrons. The highest BCUT2D eigenvalue weighted by atomic mass is 16.1. The number of rotatable bonds is 1. The van der Waals surface area contributed by atoms with Gasteiger partial charge in [-0.2, -0.15) is 0 Å². The average Bonchev–Trinajstić information content (AvgIpc) is 1.93. The molecular weight excluding hydrogens is 140 g/mol. The summed E-state index contributed by atoms with van der Waals surface area (Å²) in [5, 5.41) is 6.19. The lowest BCUT2D eigenvalue weighted by Gasteiger charge is -2.29. The van der Waals surface area contributed by atoms with Crippen LogP contribution in [0.2, 0.25) is 0 Å². The van der Waals surface area contributed by atoms with E-state index in [9.17, 15) is 4.79 Å².